The van der Waals surface area contributed by atoms with Gasteiger partial charge in [-0.1, -0.05) is 0 Å². The number of ether oxygens (including phenoxy) is 2. The van der Waals surface area contributed by atoms with Crippen LogP contribution in [0.4, 0.5) is 0 Å². The molecule has 90 valence electrons. The van der Waals surface area contributed by atoms with Crippen molar-refractivity contribution in [3.63, 3.8) is 0 Å². The Hall–Kier alpha value is -1.26. The summed E-state index contributed by atoms with van der Waals surface area (Å²) in [6, 6.07) is 3.68. The van der Waals surface area contributed by atoms with Crippen LogP contribution in [0.25, 0.3) is 0 Å². The van der Waals surface area contributed by atoms with E-state index in [9.17, 15) is 5.11 Å². The Labute approximate surface area is 96.2 Å². The van der Waals surface area contributed by atoms with E-state index in [0.29, 0.717) is 12.3 Å². The van der Waals surface area contributed by atoms with E-state index in [1.807, 2.05) is 13.0 Å². The maximum atomic E-state index is 9.94. The minimum absolute atomic E-state index is 0.488. The Morgan fingerprint density at radius 2 is 1.88 bits per heavy atom. The van der Waals surface area contributed by atoms with Crippen molar-refractivity contribution < 1.29 is 14.6 Å². The lowest BCUT2D eigenvalue weighted by atomic mass is 10.0. The number of benzene rings is 1. The van der Waals surface area contributed by atoms with Crippen molar-refractivity contribution in [3.8, 4) is 11.5 Å². The van der Waals surface area contributed by atoms with Crippen molar-refractivity contribution in [2.45, 2.75) is 13.0 Å². The molecule has 2 N–H and O–H groups in total. The van der Waals surface area contributed by atoms with Gasteiger partial charge in [0.2, 0.25) is 0 Å². The van der Waals surface area contributed by atoms with Gasteiger partial charge in [-0.2, -0.15) is 0 Å². The summed E-state index contributed by atoms with van der Waals surface area (Å²) in [6.07, 6.45) is -0.579. The van der Waals surface area contributed by atoms with Gasteiger partial charge in [0.15, 0.2) is 0 Å². The second kappa shape index (κ2) is 5.72. The van der Waals surface area contributed by atoms with Gasteiger partial charge < -0.3 is 19.9 Å². The lowest BCUT2D eigenvalue weighted by molar-refractivity contribution is 0.173. The van der Waals surface area contributed by atoms with Crippen LogP contribution in [-0.4, -0.2) is 32.9 Å². The molecule has 1 aromatic carbocycles. The molecule has 0 fully saturated rings. The number of nitrogens with one attached hydrogen (secondary N) is 1. The highest BCUT2D eigenvalue weighted by Crippen LogP contribution is 2.32. The summed E-state index contributed by atoms with van der Waals surface area (Å²) in [6.45, 7) is 2.43. The number of hydrogen-bond donors (Lipinski definition) is 2. The van der Waals surface area contributed by atoms with E-state index < -0.39 is 6.10 Å². The van der Waals surface area contributed by atoms with Gasteiger partial charge in [-0.15, -0.1) is 0 Å². The average Bonchev–Trinajstić information content (AvgIpc) is 2.29. The number of likely N-dealkylation sites (N-methyl/N-ethyl adjacent to an activating group) is 1. The number of methoxy groups -OCH3 is 2. The molecule has 0 spiro atoms. The standard InChI is InChI=1S/C12H19NO3/c1-8-5-9(10(14)7-13-2)12(16-4)6-11(8)15-3/h5-6,10,13-14H,7H2,1-4H3. The highest BCUT2D eigenvalue weighted by Gasteiger charge is 2.15. The van der Waals surface area contributed by atoms with Crippen molar-refractivity contribution in [2.24, 2.45) is 0 Å². The van der Waals surface area contributed by atoms with Crippen LogP contribution < -0.4 is 14.8 Å². The first kappa shape index (κ1) is 12.8. The van der Waals surface area contributed by atoms with Crippen molar-refractivity contribution in [1.29, 1.82) is 0 Å². The number of aliphatic hydroxyl groups excluding tert-OH is 1. The van der Waals surface area contributed by atoms with E-state index >= 15 is 0 Å². The second-order valence-corrected chi connectivity index (χ2v) is 3.64. The summed E-state index contributed by atoms with van der Waals surface area (Å²) in [5, 5.41) is 12.9. The zero-order chi connectivity index (χ0) is 12.1. The van der Waals surface area contributed by atoms with Crippen LogP contribution in [0.2, 0.25) is 0 Å². The molecule has 0 heterocycles. The van der Waals surface area contributed by atoms with Crippen LogP contribution >= 0.6 is 0 Å². The molecule has 1 rings (SSSR count). The maximum Gasteiger partial charge on any atom is 0.128 e. The van der Waals surface area contributed by atoms with Gasteiger partial charge in [0, 0.05) is 18.2 Å². The first-order chi connectivity index (χ1) is 7.63. The number of hydrogen-bond acceptors (Lipinski definition) is 4. The molecule has 16 heavy (non-hydrogen) atoms. The molecule has 1 unspecified atom stereocenters. The Kier molecular flexibility index (Phi) is 4.58. The van der Waals surface area contributed by atoms with Gasteiger partial charge in [-0.25, -0.2) is 0 Å². The van der Waals surface area contributed by atoms with Crippen LogP contribution in [0.3, 0.4) is 0 Å². The SMILES string of the molecule is CNCC(O)c1cc(C)c(OC)cc1OC. The summed E-state index contributed by atoms with van der Waals surface area (Å²) < 4.78 is 10.4. The van der Waals surface area contributed by atoms with Crippen molar-refractivity contribution in [3.05, 3.63) is 23.3 Å². The van der Waals surface area contributed by atoms with Crippen LogP contribution in [-0.2, 0) is 0 Å². The first-order valence-corrected chi connectivity index (χ1v) is 5.19. The molecule has 0 bridgehead atoms. The molecular weight excluding hydrogens is 206 g/mol. The third kappa shape index (κ3) is 2.65. The second-order valence-electron chi connectivity index (χ2n) is 3.64. The molecule has 0 saturated heterocycles. The molecule has 4 heteroatoms. The lowest BCUT2D eigenvalue weighted by Gasteiger charge is -2.17. The highest BCUT2D eigenvalue weighted by atomic mass is 16.5. The predicted octanol–water partition coefficient (Wildman–Crippen LogP) is 1.27. The smallest absolute Gasteiger partial charge is 0.128 e. The van der Waals surface area contributed by atoms with Gasteiger partial charge in [0.05, 0.1) is 20.3 Å². The quantitative estimate of drug-likeness (QED) is 0.792. The van der Waals surface area contributed by atoms with E-state index in [4.69, 9.17) is 9.47 Å². The molecule has 4 nitrogen and oxygen atoms in total. The number of rotatable bonds is 5. The fourth-order valence-electron chi connectivity index (χ4n) is 1.65. The van der Waals surface area contributed by atoms with Gasteiger partial charge in [0.25, 0.3) is 0 Å². The first-order valence-electron chi connectivity index (χ1n) is 5.19. The summed E-state index contributed by atoms with van der Waals surface area (Å²) in [5.74, 6) is 1.41. The molecular formula is C12H19NO3. The summed E-state index contributed by atoms with van der Waals surface area (Å²) in [5.41, 5.74) is 1.75. The zero-order valence-corrected chi connectivity index (χ0v) is 10.2. The van der Waals surface area contributed by atoms with Crippen molar-refractivity contribution >= 4 is 0 Å². The van der Waals surface area contributed by atoms with E-state index in [2.05, 4.69) is 5.32 Å². The molecule has 1 atom stereocenters. The molecule has 0 aliphatic rings. The Morgan fingerprint density at radius 3 is 2.38 bits per heavy atom. The fraction of sp³-hybridized carbons (Fsp3) is 0.500. The van der Waals surface area contributed by atoms with E-state index in [1.54, 1.807) is 27.3 Å². The van der Waals surface area contributed by atoms with Crippen LogP contribution in [0.1, 0.15) is 17.2 Å². The third-order valence-electron chi connectivity index (χ3n) is 2.50. The molecule has 0 aliphatic heterocycles. The van der Waals surface area contributed by atoms with Crippen LogP contribution in [0.5, 0.6) is 11.5 Å². The Bertz CT molecular complexity index is 352. The fourth-order valence-corrected chi connectivity index (χ4v) is 1.65. The lowest BCUT2D eigenvalue weighted by Crippen LogP contribution is -2.17. The normalized spacial score (nSPS) is 12.3. The van der Waals surface area contributed by atoms with Gasteiger partial charge in [-0.3, -0.25) is 0 Å². The van der Waals surface area contributed by atoms with Crippen LogP contribution in [0, 0.1) is 6.92 Å². The highest BCUT2D eigenvalue weighted by molar-refractivity contribution is 5.47. The summed E-state index contributed by atoms with van der Waals surface area (Å²) in [4.78, 5) is 0. The van der Waals surface area contributed by atoms with Gasteiger partial charge in [-0.05, 0) is 25.6 Å². The molecule has 0 saturated carbocycles. The van der Waals surface area contributed by atoms with Crippen molar-refractivity contribution in [2.75, 3.05) is 27.8 Å². The van der Waals surface area contributed by atoms with Gasteiger partial charge in [0.1, 0.15) is 11.5 Å². The summed E-state index contributed by atoms with van der Waals surface area (Å²) in [7, 11) is 5.00. The maximum absolute atomic E-state index is 9.94. The molecule has 0 radical (unpaired) electrons. The zero-order valence-electron chi connectivity index (χ0n) is 10.2. The van der Waals surface area contributed by atoms with E-state index in [1.165, 1.54) is 0 Å². The molecule has 0 aromatic heterocycles. The van der Waals surface area contributed by atoms with E-state index in [-0.39, 0.29) is 0 Å². The molecule has 0 amide bonds. The summed E-state index contributed by atoms with van der Waals surface area (Å²) >= 11 is 0. The predicted molar refractivity (Wildman–Crippen MR) is 63.2 cm³/mol. The largest absolute Gasteiger partial charge is 0.496 e. The van der Waals surface area contributed by atoms with Crippen LogP contribution in [0.15, 0.2) is 12.1 Å². The third-order valence-corrected chi connectivity index (χ3v) is 2.50. The topological polar surface area (TPSA) is 50.7 Å². The Balaban J connectivity index is 3.12. The minimum atomic E-state index is -0.579. The number of aryl methyl sites for hydroxylation is 1. The Morgan fingerprint density at radius 1 is 1.25 bits per heavy atom. The van der Waals surface area contributed by atoms with E-state index in [0.717, 1.165) is 16.9 Å². The minimum Gasteiger partial charge on any atom is -0.496 e. The number of aliphatic hydroxyl groups is 1. The average molecular weight is 225 g/mol. The monoisotopic (exact) mass is 225 g/mol. The molecule has 0 aliphatic carbocycles. The van der Waals surface area contributed by atoms with Gasteiger partial charge >= 0.3 is 0 Å². The van der Waals surface area contributed by atoms with Crippen molar-refractivity contribution in [1.82, 2.24) is 5.32 Å². The molecule has 1 aromatic rings.